The molecule has 0 heterocycles. The van der Waals surface area contributed by atoms with Gasteiger partial charge in [0.1, 0.15) is 0 Å². The normalized spacial score (nSPS) is 12.7. The lowest BCUT2D eigenvalue weighted by atomic mass is 10.2. The minimum absolute atomic E-state index is 0.833. The van der Waals surface area contributed by atoms with Crippen molar-refractivity contribution >= 4 is 15.9 Å². The molecule has 0 aliphatic heterocycles. The van der Waals surface area contributed by atoms with Crippen molar-refractivity contribution in [1.82, 2.24) is 5.43 Å². The maximum atomic E-state index is 10.8. The number of hydrogen-bond acceptors (Lipinski definition) is 4. The van der Waals surface area contributed by atoms with Crippen molar-refractivity contribution < 1.29 is 13.2 Å². The van der Waals surface area contributed by atoms with E-state index >= 15 is 0 Å². The van der Waals surface area contributed by atoms with E-state index in [4.69, 9.17) is 11.0 Å². The smallest absolute Gasteiger partial charge is 0.256 e. The molecule has 5 N–H and O–H groups in total. The number of amides is 1. The SMILES string of the molecule is CC(C)(C(=O)NN)S(N)(=O)=O. The maximum Gasteiger partial charge on any atom is 0.256 e. The Labute approximate surface area is 65.0 Å². The zero-order chi connectivity index (χ0) is 9.28. The van der Waals surface area contributed by atoms with Crippen molar-refractivity contribution in [3.63, 3.8) is 0 Å². The molecular weight excluding hydrogens is 170 g/mol. The molecule has 0 aromatic rings. The summed E-state index contributed by atoms with van der Waals surface area (Å²) in [6.07, 6.45) is 0. The molecule has 0 fully saturated rings. The van der Waals surface area contributed by atoms with Crippen molar-refractivity contribution in [3.8, 4) is 0 Å². The molecule has 0 bridgehead atoms. The summed E-state index contributed by atoms with van der Waals surface area (Å²) in [4.78, 5) is 10.8. The quantitative estimate of drug-likeness (QED) is 0.260. The van der Waals surface area contributed by atoms with Crippen molar-refractivity contribution in [3.05, 3.63) is 0 Å². The van der Waals surface area contributed by atoms with E-state index in [1.54, 1.807) is 5.43 Å². The molecule has 6 nitrogen and oxygen atoms in total. The van der Waals surface area contributed by atoms with Gasteiger partial charge in [0, 0.05) is 0 Å². The van der Waals surface area contributed by atoms with Crippen LogP contribution in [0.25, 0.3) is 0 Å². The Kier molecular flexibility index (Phi) is 2.60. The van der Waals surface area contributed by atoms with Crippen LogP contribution < -0.4 is 16.4 Å². The molecule has 66 valence electrons. The number of sulfonamides is 1. The summed E-state index contributed by atoms with van der Waals surface area (Å²) in [5, 5.41) is 4.75. The largest absolute Gasteiger partial charge is 0.293 e. The van der Waals surface area contributed by atoms with Crippen molar-refractivity contribution in [1.29, 1.82) is 0 Å². The summed E-state index contributed by atoms with van der Waals surface area (Å²) >= 11 is 0. The van der Waals surface area contributed by atoms with Gasteiger partial charge in [-0.3, -0.25) is 10.2 Å². The molecule has 0 saturated heterocycles. The van der Waals surface area contributed by atoms with E-state index in [0.717, 1.165) is 0 Å². The Balaban J connectivity index is 4.90. The second kappa shape index (κ2) is 2.76. The zero-order valence-corrected chi connectivity index (χ0v) is 7.10. The number of nitrogens with two attached hydrogens (primary N) is 2. The van der Waals surface area contributed by atoms with E-state index < -0.39 is 20.7 Å². The average Bonchev–Trinajstić information content (AvgIpc) is 1.83. The van der Waals surface area contributed by atoms with Crippen LogP contribution in [-0.2, 0) is 14.8 Å². The van der Waals surface area contributed by atoms with Crippen molar-refractivity contribution in [2.45, 2.75) is 18.6 Å². The van der Waals surface area contributed by atoms with E-state index in [0.29, 0.717) is 0 Å². The lowest BCUT2D eigenvalue weighted by molar-refractivity contribution is -0.122. The summed E-state index contributed by atoms with van der Waals surface area (Å²) in [6.45, 7) is 2.34. The number of hydrogen-bond donors (Lipinski definition) is 3. The molecule has 0 saturated carbocycles. The molecule has 0 spiro atoms. The highest BCUT2D eigenvalue weighted by atomic mass is 32.2. The molecular formula is C4H11N3O3S. The molecule has 0 aliphatic rings. The first-order valence-corrected chi connectivity index (χ1v) is 4.31. The fraction of sp³-hybridized carbons (Fsp3) is 0.750. The van der Waals surface area contributed by atoms with Gasteiger partial charge in [0.2, 0.25) is 10.0 Å². The molecule has 0 aromatic carbocycles. The Morgan fingerprint density at radius 3 is 1.91 bits per heavy atom. The van der Waals surface area contributed by atoms with Crippen molar-refractivity contribution in [2.75, 3.05) is 0 Å². The van der Waals surface area contributed by atoms with E-state index in [2.05, 4.69) is 0 Å². The Bertz CT molecular complexity index is 256. The van der Waals surface area contributed by atoms with Gasteiger partial charge in [0.15, 0.2) is 4.75 Å². The molecule has 0 aromatic heterocycles. The van der Waals surface area contributed by atoms with Crippen LogP contribution in [-0.4, -0.2) is 19.1 Å². The van der Waals surface area contributed by atoms with E-state index in [1.165, 1.54) is 13.8 Å². The fourth-order valence-corrected chi connectivity index (χ4v) is 0.620. The Hall–Kier alpha value is -0.660. The number of carbonyl (C=O) groups is 1. The van der Waals surface area contributed by atoms with Crippen LogP contribution in [0.5, 0.6) is 0 Å². The van der Waals surface area contributed by atoms with Crippen LogP contribution >= 0.6 is 0 Å². The molecule has 0 rings (SSSR count). The fourth-order valence-electron chi connectivity index (χ4n) is 0.303. The van der Waals surface area contributed by atoms with Gasteiger partial charge >= 0.3 is 0 Å². The average molecular weight is 181 g/mol. The Morgan fingerprint density at radius 2 is 1.82 bits per heavy atom. The van der Waals surface area contributed by atoms with Gasteiger partial charge in [-0.05, 0) is 13.8 Å². The lowest BCUT2D eigenvalue weighted by Gasteiger charge is -2.18. The highest BCUT2D eigenvalue weighted by Gasteiger charge is 2.38. The number of primary sulfonamides is 1. The Morgan fingerprint density at radius 1 is 1.45 bits per heavy atom. The molecule has 0 aliphatic carbocycles. The van der Waals surface area contributed by atoms with E-state index in [-0.39, 0.29) is 0 Å². The number of nitrogens with one attached hydrogen (secondary N) is 1. The highest BCUT2D eigenvalue weighted by molar-refractivity contribution is 7.91. The summed E-state index contributed by atoms with van der Waals surface area (Å²) in [6, 6.07) is 0. The topological polar surface area (TPSA) is 115 Å². The standard InChI is InChI=1S/C4H11N3O3S/c1-4(2,3(8)7-5)11(6,9)10/h5H2,1-2H3,(H,7,8)(H2,6,9,10). The van der Waals surface area contributed by atoms with Crippen LogP contribution in [0.1, 0.15) is 13.8 Å². The third-order valence-corrected chi connectivity index (χ3v) is 3.00. The van der Waals surface area contributed by atoms with Gasteiger partial charge in [-0.15, -0.1) is 0 Å². The summed E-state index contributed by atoms with van der Waals surface area (Å²) < 4.78 is 19.8. The van der Waals surface area contributed by atoms with Gasteiger partial charge < -0.3 is 0 Å². The molecule has 0 radical (unpaired) electrons. The molecule has 11 heavy (non-hydrogen) atoms. The van der Waals surface area contributed by atoms with Gasteiger partial charge in [-0.25, -0.2) is 19.4 Å². The summed E-state index contributed by atoms with van der Waals surface area (Å²) in [5.74, 6) is 3.90. The number of hydrazine groups is 1. The minimum atomic E-state index is -3.91. The van der Waals surface area contributed by atoms with E-state index in [9.17, 15) is 13.2 Å². The molecule has 1 amide bonds. The second-order valence-electron chi connectivity index (χ2n) is 2.53. The van der Waals surface area contributed by atoms with Gasteiger partial charge in [0.25, 0.3) is 5.91 Å². The minimum Gasteiger partial charge on any atom is -0.293 e. The third-order valence-electron chi connectivity index (χ3n) is 1.39. The second-order valence-corrected chi connectivity index (χ2v) is 4.64. The highest BCUT2D eigenvalue weighted by Crippen LogP contribution is 2.11. The van der Waals surface area contributed by atoms with E-state index in [1.807, 2.05) is 0 Å². The first kappa shape index (κ1) is 10.3. The van der Waals surface area contributed by atoms with Crippen LogP contribution in [0.15, 0.2) is 0 Å². The van der Waals surface area contributed by atoms with Gasteiger partial charge in [0.05, 0.1) is 0 Å². The van der Waals surface area contributed by atoms with Crippen LogP contribution in [0, 0.1) is 0 Å². The van der Waals surface area contributed by atoms with Gasteiger partial charge in [-0.1, -0.05) is 0 Å². The predicted octanol–water partition coefficient (Wildman–Crippen LogP) is -1.96. The lowest BCUT2D eigenvalue weighted by Crippen LogP contribution is -2.52. The third kappa shape index (κ3) is 1.88. The van der Waals surface area contributed by atoms with Crippen LogP contribution in [0.4, 0.5) is 0 Å². The predicted molar refractivity (Wildman–Crippen MR) is 39.5 cm³/mol. The summed E-state index contributed by atoms with van der Waals surface area (Å²) in [7, 11) is -3.91. The zero-order valence-electron chi connectivity index (χ0n) is 6.29. The van der Waals surface area contributed by atoms with Crippen molar-refractivity contribution in [2.24, 2.45) is 11.0 Å². The van der Waals surface area contributed by atoms with Crippen LogP contribution in [0.3, 0.4) is 0 Å². The monoisotopic (exact) mass is 181 g/mol. The first-order valence-electron chi connectivity index (χ1n) is 2.77. The maximum absolute atomic E-state index is 10.8. The van der Waals surface area contributed by atoms with Crippen LogP contribution in [0.2, 0.25) is 0 Å². The van der Waals surface area contributed by atoms with Gasteiger partial charge in [-0.2, -0.15) is 0 Å². The number of carbonyl (C=O) groups excluding carboxylic acids is 1. The molecule has 0 unspecified atom stereocenters. The first-order chi connectivity index (χ1) is 4.73. The number of rotatable bonds is 2. The molecule has 0 atom stereocenters. The summed E-state index contributed by atoms with van der Waals surface area (Å²) in [5.41, 5.74) is 1.71. The molecule has 7 heteroatoms.